The average molecular weight is 229 g/mol. The number of carbonyl (C=O) groups excluding carboxylic acids is 1. The van der Waals surface area contributed by atoms with Crippen molar-refractivity contribution < 1.29 is 9.90 Å². The zero-order valence-electron chi connectivity index (χ0n) is 9.81. The van der Waals surface area contributed by atoms with Gasteiger partial charge in [0.15, 0.2) is 5.78 Å². The third-order valence-corrected chi connectivity index (χ3v) is 2.80. The monoisotopic (exact) mass is 229 g/mol. The first-order valence-corrected chi connectivity index (χ1v) is 5.73. The van der Waals surface area contributed by atoms with Crippen molar-refractivity contribution in [2.45, 2.75) is 19.8 Å². The standard InChI is InChI=1S/C14H15NO2/c1-10(16)13(12-8-5-9-15-12)14(17)11-6-3-2-4-7-11/h2-4,6-7,17H,5,8-9H2,1H3/b14-13-. The second-order valence-corrected chi connectivity index (χ2v) is 4.08. The molecule has 0 amide bonds. The fourth-order valence-corrected chi connectivity index (χ4v) is 1.99. The van der Waals surface area contributed by atoms with Gasteiger partial charge in [0.05, 0.1) is 5.57 Å². The molecule has 1 aromatic carbocycles. The van der Waals surface area contributed by atoms with Crippen LogP contribution < -0.4 is 0 Å². The van der Waals surface area contributed by atoms with Gasteiger partial charge in [-0.1, -0.05) is 30.3 Å². The molecule has 0 bridgehead atoms. The first-order chi connectivity index (χ1) is 8.20. The molecular formula is C14H15NO2. The number of nitrogens with zero attached hydrogens (tertiary/aromatic N) is 1. The summed E-state index contributed by atoms with van der Waals surface area (Å²) in [6.45, 7) is 2.21. The van der Waals surface area contributed by atoms with Crippen molar-refractivity contribution >= 4 is 17.3 Å². The minimum absolute atomic E-state index is 0.0405. The smallest absolute Gasteiger partial charge is 0.165 e. The lowest BCUT2D eigenvalue weighted by Gasteiger charge is -2.08. The van der Waals surface area contributed by atoms with Gasteiger partial charge < -0.3 is 5.11 Å². The molecule has 17 heavy (non-hydrogen) atoms. The van der Waals surface area contributed by atoms with Crippen LogP contribution in [0.5, 0.6) is 0 Å². The highest BCUT2D eigenvalue weighted by Crippen LogP contribution is 2.21. The Bertz CT molecular complexity index is 486. The SMILES string of the molecule is CC(=O)/C(C1=NCCC1)=C(/O)c1ccccc1. The zero-order chi connectivity index (χ0) is 12.3. The zero-order valence-corrected chi connectivity index (χ0v) is 9.81. The van der Waals surface area contributed by atoms with E-state index in [1.165, 1.54) is 6.92 Å². The van der Waals surface area contributed by atoms with E-state index in [4.69, 9.17) is 0 Å². The highest BCUT2D eigenvalue weighted by atomic mass is 16.3. The first kappa shape index (κ1) is 11.6. The number of allylic oxidation sites excluding steroid dienone is 1. The molecule has 0 atom stereocenters. The predicted octanol–water partition coefficient (Wildman–Crippen LogP) is 2.78. The molecule has 0 aromatic heterocycles. The summed E-state index contributed by atoms with van der Waals surface area (Å²) in [6, 6.07) is 9.11. The number of rotatable bonds is 3. The van der Waals surface area contributed by atoms with E-state index in [2.05, 4.69) is 4.99 Å². The predicted molar refractivity (Wildman–Crippen MR) is 68.2 cm³/mol. The lowest BCUT2D eigenvalue weighted by atomic mass is 9.99. The summed E-state index contributed by atoms with van der Waals surface area (Å²) < 4.78 is 0. The Kier molecular flexibility index (Phi) is 3.38. The second-order valence-electron chi connectivity index (χ2n) is 4.08. The highest BCUT2D eigenvalue weighted by molar-refractivity contribution is 6.26. The Morgan fingerprint density at radius 2 is 2.00 bits per heavy atom. The van der Waals surface area contributed by atoms with Gasteiger partial charge in [0.25, 0.3) is 0 Å². The van der Waals surface area contributed by atoms with Crippen LogP contribution in [0, 0.1) is 0 Å². The Balaban J connectivity index is 2.47. The van der Waals surface area contributed by atoms with E-state index in [1.807, 2.05) is 18.2 Å². The maximum Gasteiger partial charge on any atom is 0.165 e. The molecule has 1 aromatic rings. The van der Waals surface area contributed by atoms with Crippen LogP contribution in [0.15, 0.2) is 40.9 Å². The van der Waals surface area contributed by atoms with Crippen LogP contribution in [-0.4, -0.2) is 23.1 Å². The van der Waals surface area contributed by atoms with Gasteiger partial charge in [-0.05, 0) is 19.8 Å². The molecule has 3 heteroatoms. The van der Waals surface area contributed by atoms with Gasteiger partial charge >= 0.3 is 0 Å². The van der Waals surface area contributed by atoms with Crippen LogP contribution >= 0.6 is 0 Å². The number of carbonyl (C=O) groups is 1. The normalized spacial score (nSPS) is 16.4. The van der Waals surface area contributed by atoms with Gasteiger partial charge in [0.1, 0.15) is 5.76 Å². The number of aliphatic imine (C=N–C) groups is 1. The molecule has 0 aliphatic carbocycles. The summed E-state index contributed by atoms with van der Waals surface area (Å²) in [5.74, 6) is -0.0919. The van der Waals surface area contributed by atoms with Gasteiger partial charge in [-0.15, -0.1) is 0 Å². The molecule has 0 spiro atoms. The van der Waals surface area contributed by atoms with E-state index >= 15 is 0 Å². The Morgan fingerprint density at radius 1 is 1.29 bits per heavy atom. The van der Waals surface area contributed by atoms with Gasteiger partial charge in [0.2, 0.25) is 0 Å². The molecule has 88 valence electrons. The van der Waals surface area contributed by atoms with Crippen LogP contribution in [-0.2, 0) is 4.79 Å². The largest absolute Gasteiger partial charge is 0.506 e. The summed E-state index contributed by atoms with van der Waals surface area (Å²) in [5, 5.41) is 10.2. The maximum absolute atomic E-state index is 11.6. The van der Waals surface area contributed by atoms with Crippen LogP contribution in [0.2, 0.25) is 0 Å². The van der Waals surface area contributed by atoms with Gasteiger partial charge in [-0.3, -0.25) is 9.79 Å². The quantitative estimate of drug-likeness (QED) is 0.640. The Hall–Kier alpha value is -1.90. The van der Waals surface area contributed by atoms with Crippen molar-refractivity contribution in [1.29, 1.82) is 0 Å². The van der Waals surface area contributed by atoms with Crippen LogP contribution in [0.3, 0.4) is 0 Å². The number of benzene rings is 1. The average Bonchev–Trinajstić information content (AvgIpc) is 2.83. The van der Waals surface area contributed by atoms with E-state index < -0.39 is 0 Å². The van der Waals surface area contributed by atoms with Crippen molar-refractivity contribution in [3.63, 3.8) is 0 Å². The first-order valence-electron chi connectivity index (χ1n) is 5.73. The van der Waals surface area contributed by atoms with Crippen molar-refractivity contribution in [2.24, 2.45) is 4.99 Å². The topological polar surface area (TPSA) is 49.7 Å². The minimum Gasteiger partial charge on any atom is -0.506 e. The third-order valence-electron chi connectivity index (χ3n) is 2.80. The van der Waals surface area contributed by atoms with E-state index in [1.54, 1.807) is 12.1 Å². The minimum atomic E-state index is -0.132. The van der Waals surface area contributed by atoms with E-state index in [0.29, 0.717) is 11.1 Å². The highest BCUT2D eigenvalue weighted by Gasteiger charge is 2.20. The van der Waals surface area contributed by atoms with Crippen molar-refractivity contribution in [3.05, 3.63) is 41.5 Å². The Labute approximate surface area is 101 Å². The molecular weight excluding hydrogens is 214 g/mol. The number of aliphatic hydroxyl groups is 1. The molecule has 0 saturated heterocycles. The number of aliphatic hydroxyl groups excluding tert-OH is 1. The van der Waals surface area contributed by atoms with Gasteiger partial charge in [-0.25, -0.2) is 0 Å². The molecule has 1 aliphatic rings. The molecule has 0 unspecified atom stereocenters. The van der Waals surface area contributed by atoms with Gasteiger partial charge in [0, 0.05) is 17.8 Å². The van der Waals surface area contributed by atoms with Crippen LogP contribution in [0.4, 0.5) is 0 Å². The summed E-state index contributed by atoms with van der Waals surface area (Å²) in [5.41, 5.74) is 1.76. The molecule has 1 aliphatic heterocycles. The fourth-order valence-electron chi connectivity index (χ4n) is 1.99. The van der Waals surface area contributed by atoms with Crippen molar-refractivity contribution in [3.8, 4) is 0 Å². The lowest BCUT2D eigenvalue weighted by molar-refractivity contribution is -0.113. The molecule has 2 rings (SSSR count). The van der Waals surface area contributed by atoms with Crippen molar-refractivity contribution in [2.75, 3.05) is 6.54 Å². The van der Waals surface area contributed by atoms with Crippen molar-refractivity contribution in [1.82, 2.24) is 0 Å². The van der Waals surface area contributed by atoms with Crippen LogP contribution in [0.1, 0.15) is 25.3 Å². The lowest BCUT2D eigenvalue weighted by Crippen LogP contribution is -2.11. The van der Waals surface area contributed by atoms with E-state index in [0.717, 1.165) is 25.1 Å². The third kappa shape index (κ3) is 2.44. The summed E-state index contributed by atoms with van der Waals surface area (Å²) >= 11 is 0. The molecule has 0 fully saturated rings. The molecule has 3 nitrogen and oxygen atoms in total. The second kappa shape index (κ2) is 4.95. The fraction of sp³-hybridized carbons (Fsp3) is 0.286. The number of Topliss-reactive ketones (excluding diaryl/α,β-unsaturated/α-hetero) is 1. The Morgan fingerprint density at radius 3 is 2.53 bits per heavy atom. The molecule has 0 radical (unpaired) electrons. The van der Waals surface area contributed by atoms with E-state index in [-0.39, 0.29) is 11.5 Å². The number of ketones is 1. The number of hydrogen-bond acceptors (Lipinski definition) is 3. The molecule has 1 heterocycles. The van der Waals surface area contributed by atoms with Gasteiger partial charge in [-0.2, -0.15) is 0 Å². The van der Waals surface area contributed by atoms with Crippen LogP contribution in [0.25, 0.3) is 5.76 Å². The molecule has 1 N–H and O–H groups in total. The number of hydrogen-bond donors (Lipinski definition) is 1. The molecule has 0 saturated carbocycles. The summed E-state index contributed by atoms with van der Waals surface area (Å²) in [7, 11) is 0. The maximum atomic E-state index is 11.6. The van der Waals surface area contributed by atoms with E-state index in [9.17, 15) is 9.90 Å². The summed E-state index contributed by atoms with van der Waals surface area (Å²) in [4.78, 5) is 15.9. The summed E-state index contributed by atoms with van der Waals surface area (Å²) in [6.07, 6.45) is 1.72.